The van der Waals surface area contributed by atoms with Crippen LogP contribution in [0.15, 0.2) is 28.5 Å². The molecule has 12 heteroatoms. The normalized spacial score (nSPS) is 30.5. The predicted octanol–water partition coefficient (Wildman–Crippen LogP) is 3.30. The topological polar surface area (TPSA) is 147 Å². The fraction of sp³-hybridized carbons (Fsp3) is 0.600. The summed E-state index contributed by atoms with van der Waals surface area (Å²) in [6.45, 7) is 14.6. The van der Waals surface area contributed by atoms with E-state index in [0.717, 1.165) is 23.1 Å². The summed E-state index contributed by atoms with van der Waals surface area (Å²) >= 11 is 0. The summed E-state index contributed by atoms with van der Waals surface area (Å²) in [4.78, 5) is 58.5. The highest BCUT2D eigenvalue weighted by Gasteiger charge is 2.68. The lowest BCUT2D eigenvalue weighted by Crippen LogP contribution is -2.76. The molecule has 2 amide bonds. The van der Waals surface area contributed by atoms with Crippen LogP contribution in [0.1, 0.15) is 84.0 Å². The van der Waals surface area contributed by atoms with E-state index in [4.69, 9.17) is 14.2 Å². The number of ether oxygens (including phenoxy) is 3. The Balaban J connectivity index is 1.41. The SMILES string of the molecule is COC1=C(C)C(=O)C2=C(C1=O)[C@H](CNC(=O)[C@H](C)NC(=O)OC(C)(C)C)N1C(C2)[C@H]2c3c(cc(C)c(OC)c3O)C3(C)C[C@@H]([C@@H]1C)N23. The van der Waals surface area contributed by atoms with E-state index in [2.05, 4.69) is 40.3 Å². The van der Waals surface area contributed by atoms with E-state index in [9.17, 15) is 24.3 Å². The van der Waals surface area contributed by atoms with Crippen LogP contribution in [0.4, 0.5) is 4.79 Å². The van der Waals surface area contributed by atoms with Gasteiger partial charge < -0.3 is 30.0 Å². The van der Waals surface area contributed by atoms with Gasteiger partial charge in [-0.15, -0.1) is 0 Å². The van der Waals surface area contributed by atoms with Crippen molar-refractivity contribution in [1.82, 2.24) is 20.4 Å². The van der Waals surface area contributed by atoms with E-state index >= 15 is 0 Å². The standard InChI is InChI=1S/C35H46N4O8/c1-15-11-20-25(29(42)30(15)45-9)26-21-12-19-24(28(41)31(46-10)16(2)27(19)40)23(38(21)18(4)22-13-35(20,8)39(22)26)14-36-32(43)17(3)37-33(44)47-34(5,6)7/h11,17-18,21-23,26,42H,12-14H2,1-10H3,(H,36,43)(H,37,44)/t17-,18-,21?,22-,23-,26-,35?/m0/s1. The van der Waals surface area contributed by atoms with Gasteiger partial charge in [0.25, 0.3) is 0 Å². The van der Waals surface area contributed by atoms with E-state index in [1.54, 1.807) is 41.7 Å². The molecule has 0 spiro atoms. The number of phenols is 1. The van der Waals surface area contributed by atoms with Gasteiger partial charge in [0.1, 0.15) is 11.6 Å². The van der Waals surface area contributed by atoms with Crippen molar-refractivity contribution >= 4 is 23.6 Å². The molecule has 1 aromatic rings. The van der Waals surface area contributed by atoms with E-state index in [1.807, 2.05) is 6.92 Å². The molecule has 2 saturated heterocycles. The lowest BCUT2D eigenvalue weighted by molar-refractivity contribution is -0.184. The fourth-order valence-corrected chi connectivity index (χ4v) is 8.89. The Morgan fingerprint density at radius 1 is 1.13 bits per heavy atom. The Hall–Kier alpha value is -3.90. The van der Waals surface area contributed by atoms with Crippen molar-refractivity contribution in [3.63, 3.8) is 0 Å². The van der Waals surface area contributed by atoms with Gasteiger partial charge in [0.05, 0.1) is 26.3 Å². The number of alkyl carbamates (subject to hydrolysis) is 1. The number of aromatic hydroxyl groups is 1. The van der Waals surface area contributed by atoms with Crippen LogP contribution in [-0.2, 0) is 29.4 Å². The van der Waals surface area contributed by atoms with Crippen LogP contribution in [0.5, 0.6) is 11.5 Å². The second-order valence-corrected chi connectivity index (χ2v) is 14.7. The van der Waals surface area contributed by atoms with Gasteiger partial charge in [0, 0.05) is 52.5 Å². The maximum Gasteiger partial charge on any atom is 0.408 e. The molecule has 1 aliphatic carbocycles. The molecule has 2 unspecified atom stereocenters. The quantitative estimate of drug-likeness (QED) is 0.392. The third kappa shape index (κ3) is 4.77. The molecule has 6 rings (SSSR count). The number of fused-ring (bicyclic) bond motifs is 5. The molecule has 7 atom stereocenters. The third-order valence-corrected chi connectivity index (χ3v) is 10.8. The first-order chi connectivity index (χ1) is 22.0. The highest BCUT2D eigenvalue weighted by molar-refractivity contribution is 6.25. The van der Waals surface area contributed by atoms with Crippen molar-refractivity contribution in [2.75, 3.05) is 20.8 Å². The average Bonchev–Trinajstić information content (AvgIpc) is 3.18. The number of Topliss-reactive ketones (excluding diaryl/α,β-unsaturated/α-hetero) is 2. The van der Waals surface area contributed by atoms with E-state index in [0.29, 0.717) is 23.3 Å². The van der Waals surface area contributed by atoms with Gasteiger partial charge in [-0.3, -0.25) is 24.2 Å². The zero-order valence-electron chi connectivity index (χ0n) is 28.9. The summed E-state index contributed by atoms with van der Waals surface area (Å²) in [6.07, 6.45) is 0.409. The molecule has 47 heavy (non-hydrogen) atoms. The molecule has 4 heterocycles. The van der Waals surface area contributed by atoms with Crippen LogP contribution in [0.3, 0.4) is 0 Å². The summed E-state index contributed by atoms with van der Waals surface area (Å²) in [5.41, 5.74) is 2.66. The van der Waals surface area contributed by atoms with Crippen LogP contribution in [-0.4, -0.2) is 95.0 Å². The number of hydrogen-bond acceptors (Lipinski definition) is 10. The van der Waals surface area contributed by atoms with Gasteiger partial charge in [0.15, 0.2) is 23.0 Å². The molecule has 3 N–H and O–H groups in total. The molecule has 12 nitrogen and oxygen atoms in total. The van der Waals surface area contributed by atoms with Crippen LogP contribution in [0.25, 0.3) is 0 Å². The summed E-state index contributed by atoms with van der Waals surface area (Å²) in [5, 5.41) is 17.2. The fourth-order valence-electron chi connectivity index (χ4n) is 8.89. The second-order valence-electron chi connectivity index (χ2n) is 14.7. The number of carbonyl (C=O) groups is 4. The van der Waals surface area contributed by atoms with E-state index in [-0.39, 0.29) is 64.9 Å². The number of carbonyl (C=O) groups excluding carboxylic acids is 4. The van der Waals surface area contributed by atoms with Gasteiger partial charge in [-0.05, 0) is 85.4 Å². The van der Waals surface area contributed by atoms with Gasteiger partial charge in [-0.25, -0.2) is 4.79 Å². The van der Waals surface area contributed by atoms with Crippen molar-refractivity contribution in [3.8, 4) is 11.5 Å². The van der Waals surface area contributed by atoms with Crippen LogP contribution >= 0.6 is 0 Å². The minimum Gasteiger partial charge on any atom is -0.504 e. The van der Waals surface area contributed by atoms with Gasteiger partial charge in [0.2, 0.25) is 11.7 Å². The lowest BCUT2D eigenvalue weighted by atomic mass is 9.69. The van der Waals surface area contributed by atoms with E-state index < -0.39 is 29.7 Å². The molecule has 0 radical (unpaired) electrons. The van der Waals surface area contributed by atoms with E-state index in [1.165, 1.54) is 7.11 Å². The number of ketones is 2. The molecule has 0 aromatic heterocycles. The number of nitrogens with zero attached hydrogens (tertiary/aromatic N) is 2. The Labute approximate surface area is 275 Å². The highest BCUT2D eigenvalue weighted by Crippen LogP contribution is 2.66. The van der Waals surface area contributed by atoms with Crippen LogP contribution < -0.4 is 15.4 Å². The third-order valence-electron chi connectivity index (χ3n) is 10.8. The number of amides is 2. The van der Waals surface area contributed by atoms with Crippen molar-refractivity contribution in [1.29, 1.82) is 0 Å². The zero-order valence-corrected chi connectivity index (χ0v) is 28.9. The molecular weight excluding hydrogens is 604 g/mol. The molecule has 5 aliphatic rings. The summed E-state index contributed by atoms with van der Waals surface area (Å²) in [7, 11) is 2.92. The monoisotopic (exact) mass is 650 g/mol. The molecule has 1 aromatic carbocycles. The second kappa shape index (κ2) is 11.1. The number of allylic oxidation sites excluding steroid dienone is 2. The number of piperazine rings is 1. The molecule has 4 aliphatic heterocycles. The Bertz CT molecular complexity index is 1660. The predicted molar refractivity (Wildman–Crippen MR) is 172 cm³/mol. The van der Waals surface area contributed by atoms with Gasteiger partial charge in [-0.1, -0.05) is 0 Å². The largest absolute Gasteiger partial charge is 0.504 e. The van der Waals surface area contributed by atoms with Gasteiger partial charge >= 0.3 is 6.09 Å². The number of phenolic OH excluding ortho intramolecular Hbond substituents is 1. The number of aryl methyl sites for hydroxylation is 1. The number of rotatable bonds is 6. The molecule has 0 saturated carbocycles. The Morgan fingerprint density at radius 2 is 1.81 bits per heavy atom. The summed E-state index contributed by atoms with van der Waals surface area (Å²) < 4.78 is 16.4. The number of methoxy groups -OCH3 is 2. The van der Waals surface area contributed by atoms with Crippen LogP contribution in [0.2, 0.25) is 0 Å². The molecule has 254 valence electrons. The van der Waals surface area contributed by atoms with Crippen molar-refractivity contribution < 1.29 is 38.5 Å². The molecular formula is C35H46N4O8. The Kier molecular flexibility index (Phi) is 7.79. The maximum absolute atomic E-state index is 14.1. The summed E-state index contributed by atoms with van der Waals surface area (Å²) in [6, 6.07) is -0.0245. The molecule has 2 fully saturated rings. The minimum absolute atomic E-state index is 0.00932. The zero-order chi connectivity index (χ0) is 34.5. The first kappa shape index (κ1) is 33.0. The molecule has 0 bridgehead atoms. The minimum atomic E-state index is -0.922. The summed E-state index contributed by atoms with van der Waals surface area (Å²) in [5.74, 6) is -0.536. The maximum atomic E-state index is 14.1. The van der Waals surface area contributed by atoms with Crippen molar-refractivity contribution in [2.24, 2.45) is 0 Å². The smallest absolute Gasteiger partial charge is 0.408 e. The van der Waals surface area contributed by atoms with Crippen molar-refractivity contribution in [2.45, 2.75) is 116 Å². The highest BCUT2D eigenvalue weighted by atomic mass is 16.6. The number of benzene rings is 1. The van der Waals surface area contributed by atoms with Gasteiger partial charge in [-0.2, -0.15) is 0 Å². The van der Waals surface area contributed by atoms with Crippen molar-refractivity contribution in [3.05, 3.63) is 45.2 Å². The lowest BCUT2D eigenvalue weighted by Gasteiger charge is -2.67. The van der Waals surface area contributed by atoms with Crippen LogP contribution in [0, 0.1) is 6.92 Å². The first-order valence-electron chi connectivity index (χ1n) is 16.3. The number of nitrogens with one attached hydrogen (secondary N) is 2. The average molecular weight is 651 g/mol. The number of hydrogen-bond donors (Lipinski definition) is 3. The first-order valence-corrected chi connectivity index (χ1v) is 16.3. The Morgan fingerprint density at radius 3 is 2.43 bits per heavy atom.